The van der Waals surface area contributed by atoms with Crippen molar-refractivity contribution in [2.24, 2.45) is 0 Å². The van der Waals surface area contributed by atoms with Crippen LogP contribution in [-0.4, -0.2) is 13.5 Å². The minimum atomic E-state index is -3.77. The smallest absolute Gasteiger partial charge is 0.261 e. The largest absolute Gasteiger partial charge is 0.389 e. The second kappa shape index (κ2) is 5.60. The van der Waals surface area contributed by atoms with E-state index in [1.807, 2.05) is 0 Å². The summed E-state index contributed by atoms with van der Waals surface area (Å²) in [4.78, 5) is -0.0265. The first-order valence-corrected chi connectivity index (χ1v) is 7.43. The Morgan fingerprint density at radius 3 is 2.40 bits per heavy atom. The van der Waals surface area contributed by atoms with Crippen molar-refractivity contribution in [1.82, 2.24) is 0 Å². The molecule has 0 aromatic heterocycles. The predicted octanol–water partition coefficient (Wildman–Crippen LogP) is 2.68. The van der Waals surface area contributed by atoms with Crippen molar-refractivity contribution >= 4 is 15.7 Å². The molecule has 0 radical (unpaired) electrons. The van der Waals surface area contributed by atoms with Gasteiger partial charge in [0.1, 0.15) is 5.82 Å². The van der Waals surface area contributed by atoms with E-state index in [4.69, 9.17) is 0 Å². The Labute approximate surface area is 116 Å². The Balaban J connectivity index is 2.28. The number of nitrogens with one attached hydrogen (secondary N) is 1. The van der Waals surface area contributed by atoms with E-state index in [1.165, 1.54) is 12.1 Å². The molecule has 0 amide bonds. The number of aliphatic hydroxyl groups excluding tert-OH is 1. The molecule has 0 unspecified atom stereocenters. The van der Waals surface area contributed by atoms with E-state index in [2.05, 4.69) is 4.72 Å². The summed E-state index contributed by atoms with van der Waals surface area (Å²) in [5, 5.41) is 9.48. The maximum Gasteiger partial charge on any atom is 0.261 e. The average molecular weight is 295 g/mol. The second-order valence-corrected chi connectivity index (χ2v) is 6.04. The zero-order valence-electron chi connectivity index (χ0n) is 10.7. The van der Waals surface area contributed by atoms with Crippen LogP contribution >= 0.6 is 0 Å². The molecule has 0 aliphatic carbocycles. The zero-order valence-corrected chi connectivity index (χ0v) is 11.6. The third-order valence-corrected chi connectivity index (χ3v) is 4.14. The van der Waals surface area contributed by atoms with Crippen molar-refractivity contribution in [3.8, 4) is 0 Å². The van der Waals surface area contributed by atoms with Crippen LogP contribution < -0.4 is 4.72 Å². The van der Waals surface area contributed by atoms with Crippen LogP contribution in [0.3, 0.4) is 0 Å². The molecular formula is C14H14FNO3S. The van der Waals surface area contributed by atoms with E-state index in [9.17, 15) is 17.9 Å². The van der Waals surface area contributed by atoms with Gasteiger partial charge >= 0.3 is 0 Å². The van der Waals surface area contributed by atoms with Gasteiger partial charge in [0.25, 0.3) is 10.0 Å². The zero-order chi connectivity index (χ0) is 14.8. The van der Waals surface area contributed by atoms with Gasteiger partial charge in [-0.15, -0.1) is 0 Å². The molecule has 20 heavy (non-hydrogen) atoms. The Morgan fingerprint density at radius 1 is 1.15 bits per heavy atom. The lowest BCUT2D eigenvalue weighted by Crippen LogP contribution is -2.13. The van der Waals surface area contributed by atoms with Gasteiger partial charge in [0, 0.05) is 5.69 Å². The lowest BCUT2D eigenvalue weighted by Gasteiger charge is -2.10. The van der Waals surface area contributed by atoms with Crippen LogP contribution in [0.1, 0.15) is 18.6 Å². The Hall–Kier alpha value is -1.92. The molecule has 0 aliphatic heterocycles. The fourth-order valence-electron chi connectivity index (χ4n) is 1.69. The molecule has 2 rings (SSSR count). The third-order valence-electron chi connectivity index (χ3n) is 2.75. The van der Waals surface area contributed by atoms with E-state index in [0.29, 0.717) is 11.3 Å². The van der Waals surface area contributed by atoms with Gasteiger partial charge in [0.05, 0.1) is 11.0 Å². The standard InChI is InChI=1S/C14H14FNO3S/c1-10(17)11-3-2-4-13(9-11)16-20(18,19)14-7-5-12(15)6-8-14/h2-10,16-17H,1H3/t10-/m1/s1. The molecule has 2 N–H and O–H groups in total. The number of hydrogen-bond acceptors (Lipinski definition) is 3. The molecule has 0 aliphatic rings. The molecule has 2 aromatic carbocycles. The molecule has 0 bridgehead atoms. The number of hydrogen-bond donors (Lipinski definition) is 2. The van der Waals surface area contributed by atoms with Crippen LogP contribution in [0, 0.1) is 5.82 Å². The summed E-state index contributed by atoms with van der Waals surface area (Å²) in [6, 6.07) is 11.0. The number of anilines is 1. The van der Waals surface area contributed by atoms with Gasteiger partial charge in [-0.05, 0) is 48.9 Å². The predicted molar refractivity (Wildman–Crippen MR) is 74.3 cm³/mol. The van der Waals surface area contributed by atoms with Crippen LogP contribution in [-0.2, 0) is 10.0 Å². The highest BCUT2D eigenvalue weighted by Gasteiger charge is 2.14. The van der Waals surface area contributed by atoms with Gasteiger partial charge in [-0.3, -0.25) is 4.72 Å². The molecule has 0 saturated heterocycles. The van der Waals surface area contributed by atoms with E-state index in [0.717, 1.165) is 12.1 Å². The van der Waals surface area contributed by atoms with Crippen molar-refractivity contribution in [3.05, 3.63) is 59.9 Å². The van der Waals surface area contributed by atoms with Gasteiger partial charge in [-0.1, -0.05) is 12.1 Å². The van der Waals surface area contributed by atoms with Crippen molar-refractivity contribution in [2.75, 3.05) is 4.72 Å². The summed E-state index contributed by atoms with van der Waals surface area (Å²) in [6.07, 6.45) is -0.690. The molecular weight excluding hydrogens is 281 g/mol. The van der Waals surface area contributed by atoms with Crippen LogP contribution in [0.25, 0.3) is 0 Å². The van der Waals surface area contributed by atoms with Gasteiger partial charge in [-0.2, -0.15) is 0 Å². The molecule has 0 heterocycles. The minimum Gasteiger partial charge on any atom is -0.389 e. The van der Waals surface area contributed by atoms with Crippen LogP contribution in [0.2, 0.25) is 0 Å². The topological polar surface area (TPSA) is 66.4 Å². The number of halogens is 1. The first-order valence-electron chi connectivity index (χ1n) is 5.95. The van der Waals surface area contributed by atoms with Gasteiger partial charge < -0.3 is 5.11 Å². The van der Waals surface area contributed by atoms with Gasteiger partial charge in [0.2, 0.25) is 0 Å². The molecule has 0 fully saturated rings. The summed E-state index contributed by atoms with van der Waals surface area (Å²) in [7, 11) is -3.77. The number of rotatable bonds is 4. The molecule has 106 valence electrons. The first-order chi connectivity index (χ1) is 9.38. The molecule has 4 nitrogen and oxygen atoms in total. The summed E-state index contributed by atoms with van der Waals surface area (Å²) in [5.41, 5.74) is 0.942. The number of benzene rings is 2. The molecule has 6 heteroatoms. The quantitative estimate of drug-likeness (QED) is 0.911. The Bertz CT molecular complexity index is 697. The van der Waals surface area contributed by atoms with Crippen LogP contribution in [0.4, 0.5) is 10.1 Å². The first kappa shape index (κ1) is 14.5. The highest BCUT2D eigenvalue weighted by atomic mass is 32.2. The van der Waals surface area contributed by atoms with E-state index >= 15 is 0 Å². The molecule has 2 aromatic rings. The van der Waals surface area contributed by atoms with Crippen molar-refractivity contribution in [3.63, 3.8) is 0 Å². The Kier molecular flexibility index (Phi) is 4.06. The maximum absolute atomic E-state index is 12.8. The monoisotopic (exact) mass is 295 g/mol. The summed E-state index contributed by atoms with van der Waals surface area (Å²) in [6.45, 7) is 1.59. The van der Waals surface area contributed by atoms with E-state index in [-0.39, 0.29) is 4.90 Å². The Morgan fingerprint density at radius 2 is 1.80 bits per heavy atom. The second-order valence-electron chi connectivity index (χ2n) is 4.36. The van der Waals surface area contributed by atoms with Crippen molar-refractivity contribution < 1.29 is 17.9 Å². The van der Waals surface area contributed by atoms with E-state index in [1.54, 1.807) is 31.2 Å². The highest BCUT2D eigenvalue weighted by Crippen LogP contribution is 2.20. The number of aliphatic hydroxyl groups is 1. The highest BCUT2D eigenvalue weighted by molar-refractivity contribution is 7.92. The average Bonchev–Trinajstić information content (AvgIpc) is 2.39. The molecule has 0 saturated carbocycles. The normalized spacial score (nSPS) is 12.9. The van der Waals surface area contributed by atoms with E-state index < -0.39 is 21.9 Å². The third kappa shape index (κ3) is 3.34. The lowest BCUT2D eigenvalue weighted by atomic mass is 10.1. The SMILES string of the molecule is C[C@@H](O)c1cccc(NS(=O)(=O)c2ccc(F)cc2)c1. The van der Waals surface area contributed by atoms with Crippen LogP contribution in [0.15, 0.2) is 53.4 Å². The summed E-state index contributed by atoms with van der Waals surface area (Å²) in [5.74, 6) is -0.500. The summed E-state index contributed by atoms with van der Waals surface area (Å²) >= 11 is 0. The minimum absolute atomic E-state index is 0.0265. The van der Waals surface area contributed by atoms with Gasteiger partial charge in [-0.25, -0.2) is 12.8 Å². The lowest BCUT2D eigenvalue weighted by molar-refractivity contribution is 0.199. The van der Waals surface area contributed by atoms with Gasteiger partial charge in [0.15, 0.2) is 0 Å². The molecule has 1 atom stereocenters. The fourth-order valence-corrected chi connectivity index (χ4v) is 2.74. The van der Waals surface area contributed by atoms with Crippen molar-refractivity contribution in [2.45, 2.75) is 17.9 Å². The van der Waals surface area contributed by atoms with Crippen LogP contribution in [0.5, 0.6) is 0 Å². The molecule has 0 spiro atoms. The number of sulfonamides is 1. The summed E-state index contributed by atoms with van der Waals surface area (Å²) < 4.78 is 39.4. The van der Waals surface area contributed by atoms with Crippen molar-refractivity contribution in [1.29, 1.82) is 0 Å². The fraction of sp³-hybridized carbons (Fsp3) is 0.143. The maximum atomic E-state index is 12.8.